The summed E-state index contributed by atoms with van der Waals surface area (Å²) < 4.78 is 2.58. The molecule has 0 radical (unpaired) electrons. The minimum Gasteiger partial charge on any atom is -0.310 e. The molecule has 1 aromatic heterocycles. The molecule has 4 heteroatoms. The zero-order valence-electron chi connectivity index (χ0n) is 22.7. The van der Waals surface area contributed by atoms with Crippen LogP contribution in [0.15, 0.2) is 149 Å². The van der Waals surface area contributed by atoms with Crippen molar-refractivity contribution in [1.82, 2.24) is 4.57 Å². The Balaban J connectivity index is 1.41. The van der Waals surface area contributed by atoms with Crippen LogP contribution in [0.3, 0.4) is 0 Å². The largest absolute Gasteiger partial charge is 0.310 e. The van der Waals surface area contributed by atoms with Crippen molar-refractivity contribution in [3.8, 4) is 28.1 Å². The number of para-hydroxylation sites is 3. The highest BCUT2D eigenvalue weighted by atomic mass is 32.2. The number of aromatic nitrogens is 1. The smallest absolute Gasteiger partial charge is 0.252 e. The minimum atomic E-state index is 0.159. The van der Waals surface area contributed by atoms with Crippen molar-refractivity contribution in [2.24, 2.45) is 0 Å². The van der Waals surface area contributed by atoms with Gasteiger partial charge in [0.2, 0.25) is 0 Å². The lowest BCUT2D eigenvalue weighted by Crippen LogP contribution is -2.60. The average Bonchev–Trinajstić information content (AvgIpc) is 3.41. The second-order valence-electron chi connectivity index (χ2n) is 11.3. The second-order valence-corrected chi connectivity index (χ2v) is 12.4. The first-order valence-corrected chi connectivity index (χ1v) is 15.3. The van der Waals surface area contributed by atoms with Crippen molar-refractivity contribution in [2.45, 2.75) is 9.79 Å². The van der Waals surface area contributed by atoms with Gasteiger partial charge >= 0.3 is 0 Å². The van der Waals surface area contributed by atoms with Crippen LogP contribution in [0.25, 0.3) is 39.0 Å². The third-order valence-corrected chi connectivity index (χ3v) is 10.3. The van der Waals surface area contributed by atoms with Gasteiger partial charge in [0.05, 0.1) is 17.1 Å². The third-order valence-electron chi connectivity index (χ3n) is 9.17. The van der Waals surface area contributed by atoms with Crippen molar-refractivity contribution in [3.63, 3.8) is 0 Å². The fourth-order valence-electron chi connectivity index (χ4n) is 7.61. The SMILES string of the molecule is c1ccc(-c2c(-c3ccccc3)n3c4c(cccc24)B2c4ccccc4N4c5ccccc5Sc5ccc-3c2c54)cc1. The van der Waals surface area contributed by atoms with E-state index in [1.807, 2.05) is 11.8 Å². The fraction of sp³-hybridized carbons (Fsp3) is 0. The van der Waals surface area contributed by atoms with Crippen molar-refractivity contribution >= 4 is 62.8 Å². The third kappa shape index (κ3) is 2.82. The Bertz CT molecular complexity index is 2240. The summed E-state index contributed by atoms with van der Waals surface area (Å²) in [7, 11) is 0. The predicted molar refractivity (Wildman–Crippen MR) is 178 cm³/mol. The molecule has 0 N–H and O–H groups in total. The molecule has 0 fully saturated rings. The summed E-state index contributed by atoms with van der Waals surface area (Å²) in [6.45, 7) is 0.159. The Labute approximate surface area is 249 Å². The number of nitrogens with zero attached hydrogens (tertiary/aromatic N) is 2. The number of rotatable bonds is 2. The minimum absolute atomic E-state index is 0.159. The fourth-order valence-corrected chi connectivity index (χ4v) is 8.69. The molecule has 42 heavy (non-hydrogen) atoms. The molecule has 0 amide bonds. The van der Waals surface area contributed by atoms with E-state index in [1.165, 1.54) is 82.2 Å². The molecule has 2 nitrogen and oxygen atoms in total. The van der Waals surface area contributed by atoms with Gasteiger partial charge in [-0.25, -0.2) is 0 Å². The molecule has 3 aliphatic rings. The molecule has 6 aromatic carbocycles. The lowest BCUT2D eigenvalue weighted by Gasteiger charge is -2.43. The first-order valence-electron chi connectivity index (χ1n) is 14.5. The van der Waals surface area contributed by atoms with Crippen molar-refractivity contribution < 1.29 is 0 Å². The molecule has 0 aliphatic carbocycles. The molecule has 10 rings (SSSR count). The van der Waals surface area contributed by atoms with E-state index in [-0.39, 0.29) is 6.71 Å². The van der Waals surface area contributed by atoms with E-state index >= 15 is 0 Å². The van der Waals surface area contributed by atoms with Gasteiger partial charge in [-0.05, 0) is 57.8 Å². The Morgan fingerprint density at radius 3 is 2.02 bits per heavy atom. The second kappa shape index (κ2) is 8.31. The molecule has 0 spiro atoms. The Hall–Kier alpha value is -4.93. The molecule has 3 aliphatic heterocycles. The Morgan fingerprint density at radius 2 is 1.19 bits per heavy atom. The van der Waals surface area contributed by atoms with Crippen LogP contribution in [0.1, 0.15) is 0 Å². The van der Waals surface area contributed by atoms with Gasteiger partial charge in [0.25, 0.3) is 6.71 Å². The topological polar surface area (TPSA) is 8.17 Å². The zero-order valence-corrected chi connectivity index (χ0v) is 23.5. The first-order chi connectivity index (χ1) is 20.9. The maximum absolute atomic E-state index is 2.58. The van der Waals surface area contributed by atoms with E-state index in [9.17, 15) is 0 Å². The van der Waals surface area contributed by atoms with Crippen molar-refractivity contribution in [3.05, 3.63) is 140 Å². The molecule has 0 unspecified atom stereocenters. The van der Waals surface area contributed by atoms with Gasteiger partial charge in [0, 0.05) is 37.6 Å². The molecule has 0 atom stereocenters. The van der Waals surface area contributed by atoms with Gasteiger partial charge in [-0.1, -0.05) is 121 Å². The number of hydrogen-bond acceptors (Lipinski definition) is 2. The molecule has 0 bridgehead atoms. The van der Waals surface area contributed by atoms with Crippen LogP contribution in [0.4, 0.5) is 17.1 Å². The monoisotopic (exact) mass is 550 g/mol. The molecule has 7 aromatic rings. The van der Waals surface area contributed by atoms with Gasteiger partial charge in [-0.2, -0.15) is 0 Å². The summed E-state index contributed by atoms with van der Waals surface area (Å²) in [4.78, 5) is 5.15. The van der Waals surface area contributed by atoms with Gasteiger partial charge < -0.3 is 9.47 Å². The summed E-state index contributed by atoms with van der Waals surface area (Å²) in [5, 5.41) is 1.31. The van der Waals surface area contributed by atoms with E-state index in [4.69, 9.17) is 0 Å². The first kappa shape index (κ1) is 22.7. The molecule has 4 heterocycles. The summed E-state index contributed by atoms with van der Waals surface area (Å²) in [6, 6.07) is 51.4. The normalized spacial score (nSPS) is 13.5. The van der Waals surface area contributed by atoms with Gasteiger partial charge in [-0.15, -0.1) is 0 Å². The van der Waals surface area contributed by atoms with Crippen LogP contribution in [0.5, 0.6) is 0 Å². The number of hydrogen-bond donors (Lipinski definition) is 0. The highest BCUT2D eigenvalue weighted by molar-refractivity contribution is 7.99. The van der Waals surface area contributed by atoms with E-state index in [2.05, 4.69) is 149 Å². The van der Waals surface area contributed by atoms with Gasteiger partial charge in [-0.3, -0.25) is 0 Å². The highest BCUT2D eigenvalue weighted by Crippen LogP contribution is 2.53. The molecule has 0 saturated carbocycles. The van der Waals surface area contributed by atoms with E-state index < -0.39 is 0 Å². The van der Waals surface area contributed by atoms with Crippen LogP contribution in [0, 0.1) is 0 Å². The van der Waals surface area contributed by atoms with Crippen LogP contribution in [-0.2, 0) is 0 Å². The van der Waals surface area contributed by atoms with Gasteiger partial charge in [0.15, 0.2) is 0 Å². The summed E-state index contributed by atoms with van der Waals surface area (Å²) in [6.07, 6.45) is 0. The van der Waals surface area contributed by atoms with E-state index in [0.29, 0.717) is 0 Å². The molecule has 194 valence electrons. The summed E-state index contributed by atoms with van der Waals surface area (Å²) >= 11 is 1.90. The van der Waals surface area contributed by atoms with Crippen LogP contribution >= 0.6 is 11.8 Å². The van der Waals surface area contributed by atoms with Crippen LogP contribution in [-0.4, -0.2) is 11.3 Å². The van der Waals surface area contributed by atoms with Gasteiger partial charge in [0.1, 0.15) is 0 Å². The van der Waals surface area contributed by atoms with Crippen LogP contribution in [0.2, 0.25) is 0 Å². The number of benzene rings is 6. The molecular weight excluding hydrogens is 527 g/mol. The standard InChI is InChI=1S/C38H23BN2S/c1-3-12-24(13-4-1)34-26-16-11-18-28-37(26)41(36(34)25-14-5-2-6-15-25)31-22-23-33-38-35(31)39(28)27-17-7-8-19-29(27)40(38)30-20-9-10-21-32(30)42-33/h1-23H. The lowest BCUT2D eigenvalue weighted by atomic mass is 9.34. The molecule has 0 saturated heterocycles. The summed E-state index contributed by atoms with van der Waals surface area (Å²) in [5.74, 6) is 0. The van der Waals surface area contributed by atoms with E-state index in [0.717, 1.165) is 0 Å². The highest BCUT2D eigenvalue weighted by Gasteiger charge is 2.45. The average molecular weight is 550 g/mol. The van der Waals surface area contributed by atoms with Crippen molar-refractivity contribution in [1.29, 1.82) is 0 Å². The lowest BCUT2D eigenvalue weighted by molar-refractivity contribution is 1.11. The maximum atomic E-state index is 2.58. The number of anilines is 3. The van der Waals surface area contributed by atoms with E-state index in [1.54, 1.807) is 0 Å². The predicted octanol–water partition coefficient (Wildman–Crippen LogP) is 8.04. The van der Waals surface area contributed by atoms with Crippen LogP contribution < -0.4 is 21.3 Å². The van der Waals surface area contributed by atoms with Crippen molar-refractivity contribution in [2.75, 3.05) is 4.90 Å². The quantitative estimate of drug-likeness (QED) is 0.201. The maximum Gasteiger partial charge on any atom is 0.252 e. The summed E-state index contributed by atoms with van der Waals surface area (Å²) in [5.41, 5.74) is 15.7. The molecular formula is C38H23BN2S. The number of fused-ring (bicyclic) bond motifs is 7. The Kier molecular flexibility index (Phi) is 4.50. The Morgan fingerprint density at radius 1 is 0.500 bits per heavy atom. The zero-order chi connectivity index (χ0) is 27.4.